The van der Waals surface area contributed by atoms with Crippen LogP contribution >= 0.6 is 0 Å². The maximum absolute atomic E-state index is 5.89. The zero-order valence-electron chi connectivity index (χ0n) is 11.4. The Morgan fingerprint density at radius 1 is 1.22 bits per heavy atom. The van der Waals surface area contributed by atoms with Crippen LogP contribution in [-0.2, 0) is 11.3 Å². The molecule has 0 heterocycles. The zero-order chi connectivity index (χ0) is 12.6. The smallest absolute Gasteiger partial charge is 0.0720 e. The molecule has 0 aromatic heterocycles. The van der Waals surface area contributed by atoms with E-state index >= 15 is 0 Å². The van der Waals surface area contributed by atoms with E-state index in [1.54, 1.807) is 0 Å². The molecule has 2 rings (SSSR count). The molecule has 0 unspecified atom stereocenters. The van der Waals surface area contributed by atoms with Gasteiger partial charge in [-0.15, -0.1) is 0 Å². The molecule has 1 fully saturated rings. The van der Waals surface area contributed by atoms with Crippen molar-refractivity contribution in [1.29, 1.82) is 0 Å². The van der Waals surface area contributed by atoms with Gasteiger partial charge in [-0.25, -0.2) is 0 Å². The molecule has 1 aliphatic rings. The maximum atomic E-state index is 5.89. The number of nitrogens with one attached hydrogen (secondary N) is 1. The molecule has 1 aromatic rings. The minimum atomic E-state index is 0.489. The van der Waals surface area contributed by atoms with Gasteiger partial charge in [-0.05, 0) is 43.8 Å². The lowest BCUT2D eigenvalue weighted by molar-refractivity contribution is -0.0394. The van der Waals surface area contributed by atoms with Crippen LogP contribution in [0.15, 0.2) is 30.3 Å². The molecule has 0 spiro atoms. The van der Waals surface area contributed by atoms with E-state index in [-0.39, 0.29) is 0 Å². The van der Waals surface area contributed by atoms with Gasteiger partial charge < -0.3 is 10.1 Å². The van der Waals surface area contributed by atoms with Crippen LogP contribution in [0.4, 0.5) is 0 Å². The number of rotatable bonds is 8. The Morgan fingerprint density at radius 3 is 2.72 bits per heavy atom. The van der Waals surface area contributed by atoms with E-state index in [2.05, 4.69) is 36.5 Å². The standard InChI is InChI=1S/C16H25NO/c1-2-3-9-17-12-15-10-16(11-15)18-13-14-7-5-4-6-8-14/h4-8,15-17H,2-3,9-13H2,1H3. The molecule has 1 saturated carbocycles. The predicted octanol–water partition coefficient (Wildman–Crippen LogP) is 3.37. The molecule has 0 saturated heterocycles. The van der Waals surface area contributed by atoms with Crippen molar-refractivity contribution in [2.24, 2.45) is 5.92 Å². The van der Waals surface area contributed by atoms with Gasteiger partial charge in [0.2, 0.25) is 0 Å². The number of hydrogen-bond donors (Lipinski definition) is 1. The first-order valence-electron chi connectivity index (χ1n) is 7.24. The first kappa shape index (κ1) is 13.6. The van der Waals surface area contributed by atoms with E-state index in [9.17, 15) is 0 Å². The Labute approximate surface area is 111 Å². The minimum Gasteiger partial charge on any atom is -0.374 e. The Kier molecular flexibility index (Phi) is 5.69. The fraction of sp³-hybridized carbons (Fsp3) is 0.625. The monoisotopic (exact) mass is 247 g/mol. The topological polar surface area (TPSA) is 21.3 Å². The largest absolute Gasteiger partial charge is 0.374 e. The fourth-order valence-corrected chi connectivity index (χ4v) is 2.37. The van der Waals surface area contributed by atoms with Crippen LogP contribution in [0.25, 0.3) is 0 Å². The van der Waals surface area contributed by atoms with Gasteiger partial charge in [0, 0.05) is 0 Å². The van der Waals surface area contributed by atoms with Gasteiger partial charge >= 0.3 is 0 Å². The van der Waals surface area contributed by atoms with Gasteiger partial charge in [0.1, 0.15) is 0 Å². The summed E-state index contributed by atoms with van der Waals surface area (Å²) in [6.07, 6.45) is 5.52. The van der Waals surface area contributed by atoms with Crippen molar-refractivity contribution in [2.75, 3.05) is 13.1 Å². The molecule has 100 valence electrons. The van der Waals surface area contributed by atoms with Crippen molar-refractivity contribution >= 4 is 0 Å². The second-order valence-corrected chi connectivity index (χ2v) is 5.31. The van der Waals surface area contributed by atoms with Crippen LogP contribution in [0.5, 0.6) is 0 Å². The Morgan fingerprint density at radius 2 is 2.00 bits per heavy atom. The number of benzene rings is 1. The molecule has 18 heavy (non-hydrogen) atoms. The van der Waals surface area contributed by atoms with Gasteiger partial charge in [-0.1, -0.05) is 43.7 Å². The van der Waals surface area contributed by atoms with Gasteiger partial charge in [0.15, 0.2) is 0 Å². The third-order valence-corrected chi connectivity index (χ3v) is 3.66. The highest BCUT2D eigenvalue weighted by Crippen LogP contribution is 2.30. The van der Waals surface area contributed by atoms with E-state index in [0.29, 0.717) is 6.10 Å². The molecule has 2 heteroatoms. The van der Waals surface area contributed by atoms with Gasteiger partial charge in [-0.3, -0.25) is 0 Å². The first-order chi connectivity index (χ1) is 8.88. The van der Waals surface area contributed by atoms with E-state index in [4.69, 9.17) is 4.74 Å². The van der Waals surface area contributed by atoms with Crippen molar-refractivity contribution < 1.29 is 4.74 Å². The number of unbranched alkanes of at least 4 members (excludes halogenated alkanes) is 1. The minimum absolute atomic E-state index is 0.489. The van der Waals surface area contributed by atoms with Crippen LogP contribution < -0.4 is 5.32 Å². The highest BCUT2D eigenvalue weighted by Gasteiger charge is 2.29. The molecule has 0 bridgehead atoms. The molecule has 1 N–H and O–H groups in total. The van der Waals surface area contributed by atoms with Crippen molar-refractivity contribution in [1.82, 2.24) is 5.32 Å². The van der Waals surface area contributed by atoms with Crippen molar-refractivity contribution in [3.63, 3.8) is 0 Å². The van der Waals surface area contributed by atoms with E-state index in [1.165, 1.54) is 44.3 Å². The van der Waals surface area contributed by atoms with Gasteiger partial charge in [0.05, 0.1) is 12.7 Å². The van der Waals surface area contributed by atoms with E-state index in [1.807, 2.05) is 6.07 Å². The lowest BCUT2D eigenvalue weighted by atomic mass is 9.82. The van der Waals surface area contributed by atoms with Crippen LogP contribution in [0.3, 0.4) is 0 Å². The van der Waals surface area contributed by atoms with Crippen molar-refractivity contribution in [3.05, 3.63) is 35.9 Å². The molecule has 0 radical (unpaired) electrons. The molecule has 1 aromatic carbocycles. The van der Waals surface area contributed by atoms with Crippen LogP contribution in [-0.4, -0.2) is 19.2 Å². The quantitative estimate of drug-likeness (QED) is 0.711. The molecule has 0 amide bonds. The molecule has 1 aliphatic carbocycles. The second kappa shape index (κ2) is 7.55. The highest BCUT2D eigenvalue weighted by molar-refractivity contribution is 5.13. The summed E-state index contributed by atoms with van der Waals surface area (Å²) in [5.74, 6) is 0.836. The molecular weight excluding hydrogens is 222 g/mol. The molecule has 0 aliphatic heterocycles. The van der Waals surface area contributed by atoms with Crippen LogP contribution in [0.2, 0.25) is 0 Å². The van der Waals surface area contributed by atoms with Crippen LogP contribution in [0.1, 0.15) is 38.2 Å². The number of ether oxygens (including phenoxy) is 1. The zero-order valence-corrected chi connectivity index (χ0v) is 11.4. The summed E-state index contributed by atoms with van der Waals surface area (Å²) in [4.78, 5) is 0. The Bertz CT molecular complexity index is 319. The highest BCUT2D eigenvalue weighted by atomic mass is 16.5. The average molecular weight is 247 g/mol. The van der Waals surface area contributed by atoms with E-state index < -0.39 is 0 Å². The Balaban J connectivity index is 1.51. The fourth-order valence-electron chi connectivity index (χ4n) is 2.37. The average Bonchev–Trinajstić information content (AvgIpc) is 2.37. The van der Waals surface area contributed by atoms with Crippen molar-refractivity contribution in [2.45, 2.75) is 45.3 Å². The molecular formula is C16H25NO. The third-order valence-electron chi connectivity index (χ3n) is 3.66. The molecule has 2 nitrogen and oxygen atoms in total. The lowest BCUT2D eigenvalue weighted by Crippen LogP contribution is -2.38. The summed E-state index contributed by atoms with van der Waals surface area (Å²) >= 11 is 0. The predicted molar refractivity (Wildman–Crippen MR) is 75.5 cm³/mol. The molecule has 0 atom stereocenters. The normalized spacial score (nSPS) is 22.7. The summed E-state index contributed by atoms with van der Waals surface area (Å²) in [6, 6.07) is 10.4. The first-order valence-corrected chi connectivity index (χ1v) is 7.24. The lowest BCUT2D eigenvalue weighted by Gasteiger charge is -2.35. The summed E-state index contributed by atoms with van der Waals surface area (Å²) in [6.45, 7) is 5.34. The second-order valence-electron chi connectivity index (χ2n) is 5.31. The van der Waals surface area contributed by atoms with Gasteiger partial charge in [-0.2, -0.15) is 0 Å². The van der Waals surface area contributed by atoms with Gasteiger partial charge in [0.25, 0.3) is 0 Å². The summed E-state index contributed by atoms with van der Waals surface area (Å²) in [5.41, 5.74) is 1.28. The maximum Gasteiger partial charge on any atom is 0.0720 e. The number of hydrogen-bond acceptors (Lipinski definition) is 2. The van der Waals surface area contributed by atoms with E-state index in [0.717, 1.165) is 12.5 Å². The third kappa shape index (κ3) is 4.43. The summed E-state index contributed by atoms with van der Waals surface area (Å²) in [7, 11) is 0. The summed E-state index contributed by atoms with van der Waals surface area (Å²) in [5, 5.41) is 3.53. The SMILES string of the molecule is CCCCNCC1CC(OCc2ccccc2)C1. The Hall–Kier alpha value is -0.860. The van der Waals surface area contributed by atoms with Crippen LogP contribution in [0, 0.1) is 5.92 Å². The summed E-state index contributed by atoms with van der Waals surface area (Å²) < 4.78 is 5.89. The van der Waals surface area contributed by atoms with Crippen molar-refractivity contribution in [3.8, 4) is 0 Å².